The second kappa shape index (κ2) is 8.19. The summed E-state index contributed by atoms with van der Waals surface area (Å²) >= 11 is 1.58. The normalized spacial score (nSPS) is 16.1. The zero-order valence-corrected chi connectivity index (χ0v) is 16.9. The lowest BCUT2D eigenvalue weighted by Gasteiger charge is -2.33. The molecule has 0 spiro atoms. The summed E-state index contributed by atoms with van der Waals surface area (Å²) in [5, 5.41) is 0.717. The molecule has 1 aliphatic heterocycles. The van der Waals surface area contributed by atoms with Gasteiger partial charge in [-0.25, -0.2) is 4.98 Å². The van der Waals surface area contributed by atoms with Gasteiger partial charge in [-0.3, -0.25) is 4.79 Å². The Morgan fingerprint density at radius 1 is 1.14 bits per heavy atom. The van der Waals surface area contributed by atoms with Gasteiger partial charge in [0, 0.05) is 25.9 Å². The first-order valence-corrected chi connectivity index (χ1v) is 10.4. The number of para-hydroxylation sites is 2. The molecule has 0 saturated carbocycles. The molecule has 2 heterocycles. The van der Waals surface area contributed by atoms with Gasteiger partial charge in [0.1, 0.15) is 11.9 Å². The Labute approximate surface area is 168 Å². The monoisotopic (exact) mass is 396 g/mol. The first-order valence-electron chi connectivity index (χ1n) is 9.63. The van der Waals surface area contributed by atoms with E-state index in [1.165, 1.54) is 0 Å². The van der Waals surface area contributed by atoms with Crippen LogP contribution in [0.4, 0.5) is 0 Å². The van der Waals surface area contributed by atoms with Crippen molar-refractivity contribution in [3.05, 3.63) is 54.1 Å². The van der Waals surface area contributed by atoms with Gasteiger partial charge in [0.25, 0.3) is 11.1 Å². The molecule has 1 atom stereocenters. The van der Waals surface area contributed by atoms with Crippen molar-refractivity contribution >= 4 is 27.5 Å². The molecule has 6 heteroatoms. The Hall–Kier alpha value is -2.60. The van der Waals surface area contributed by atoms with Crippen LogP contribution in [0.3, 0.4) is 0 Å². The second-order valence-electron chi connectivity index (χ2n) is 7.12. The predicted octanol–water partition coefficient (Wildman–Crippen LogP) is 4.44. The average molecular weight is 397 g/mol. The number of carbonyl (C=O) groups excluding carboxylic acids is 1. The van der Waals surface area contributed by atoms with E-state index in [9.17, 15) is 4.79 Å². The Bertz CT molecular complexity index is 949. The molecule has 1 aliphatic rings. The molecule has 0 N–H and O–H groups in total. The highest BCUT2D eigenvalue weighted by molar-refractivity contribution is 7.20. The van der Waals surface area contributed by atoms with Crippen molar-refractivity contribution in [3.63, 3.8) is 0 Å². The number of likely N-dealkylation sites (tertiary alicyclic amines) is 1. The van der Waals surface area contributed by atoms with Crippen molar-refractivity contribution in [2.75, 3.05) is 13.1 Å². The summed E-state index contributed by atoms with van der Waals surface area (Å²) in [6, 6.07) is 15.6. The second-order valence-corrected chi connectivity index (χ2v) is 8.11. The van der Waals surface area contributed by atoms with Gasteiger partial charge in [-0.2, -0.15) is 0 Å². The lowest BCUT2D eigenvalue weighted by atomic mass is 10.1. The van der Waals surface area contributed by atoms with E-state index in [0.29, 0.717) is 18.8 Å². The van der Waals surface area contributed by atoms with Crippen molar-refractivity contribution in [1.82, 2.24) is 9.88 Å². The van der Waals surface area contributed by atoms with Crippen LogP contribution in [0.25, 0.3) is 10.2 Å². The number of amides is 1. The number of thiazole rings is 1. The molecule has 0 bridgehead atoms. The van der Waals surface area contributed by atoms with E-state index in [2.05, 4.69) is 24.0 Å². The fraction of sp³-hybridized carbons (Fsp3) is 0.364. The van der Waals surface area contributed by atoms with Crippen molar-refractivity contribution in [1.29, 1.82) is 0 Å². The quantitative estimate of drug-likeness (QED) is 0.640. The van der Waals surface area contributed by atoms with Crippen molar-refractivity contribution in [2.45, 2.75) is 38.9 Å². The molecule has 28 heavy (non-hydrogen) atoms. The molecule has 1 saturated heterocycles. The van der Waals surface area contributed by atoms with Crippen LogP contribution in [-0.2, 0) is 4.79 Å². The highest BCUT2D eigenvalue weighted by Gasteiger charge is 2.28. The molecular formula is C22H24N2O3S. The fourth-order valence-electron chi connectivity index (χ4n) is 3.46. The van der Waals surface area contributed by atoms with Gasteiger partial charge in [-0.15, -0.1) is 0 Å². The SMILES string of the molecule is Cc1cccc2sc(OC3CCN(C(=O)C(C)Oc4ccccc4)CC3)nc12. The molecule has 0 aliphatic carbocycles. The largest absolute Gasteiger partial charge is 0.481 e. The number of rotatable bonds is 5. The fourth-order valence-corrected chi connectivity index (χ4v) is 4.42. The molecule has 146 valence electrons. The van der Waals surface area contributed by atoms with E-state index in [-0.39, 0.29) is 12.0 Å². The van der Waals surface area contributed by atoms with Gasteiger partial charge in [-0.1, -0.05) is 41.7 Å². The zero-order valence-electron chi connectivity index (χ0n) is 16.1. The van der Waals surface area contributed by atoms with Crippen LogP contribution >= 0.6 is 11.3 Å². The first-order chi connectivity index (χ1) is 13.6. The van der Waals surface area contributed by atoms with Crippen LogP contribution in [0.5, 0.6) is 10.9 Å². The number of ether oxygens (including phenoxy) is 2. The summed E-state index contributed by atoms with van der Waals surface area (Å²) in [6.45, 7) is 5.22. The summed E-state index contributed by atoms with van der Waals surface area (Å²) in [6.07, 6.45) is 1.21. The third-order valence-corrected chi connectivity index (χ3v) is 5.94. The molecule has 1 aromatic heterocycles. The van der Waals surface area contributed by atoms with Gasteiger partial charge in [0.2, 0.25) is 0 Å². The lowest BCUT2D eigenvalue weighted by Crippen LogP contribution is -2.46. The lowest BCUT2D eigenvalue weighted by molar-refractivity contribution is -0.139. The number of aryl methyl sites for hydroxylation is 1. The van der Waals surface area contributed by atoms with Crippen molar-refractivity contribution in [3.8, 4) is 10.9 Å². The standard InChI is InChI=1S/C22H24N2O3S/c1-15-7-6-10-19-20(15)23-22(28-19)27-18-11-13-24(14-12-18)21(25)16(2)26-17-8-4-3-5-9-17/h3-10,16,18H,11-14H2,1-2H3. The van der Waals surface area contributed by atoms with Gasteiger partial charge in [0.15, 0.2) is 6.10 Å². The highest BCUT2D eigenvalue weighted by atomic mass is 32.1. The minimum absolute atomic E-state index is 0.0258. The first kappa shape index (κ1) is 18.7. The zero-order chi connectivity index (χ0) is 19.5. The molecule has 4 rings (SSSR count). The van der Waals surface area contributed by atoms with Crippen LogP contribution < -0.4 is 9.47 Å². The van der Waals surface area contributed by atoms with E-state index in [0.717, 1.165) is 33.8 Å². The number of nitrogens with zero attached hydrogens (tertiary/aromatic N) is 2. The summed E-state index contributed by atoms with van der Waals surface area (Å²) < 4.78 is 13.0. The summed E-state index contributed by atoms with van der Waals surface area (Å²) in [7, 11) is 0. The Kier molecular flexibility index (Phi) is 5.48. The Morgan fingerprint density at radius 3 is 2.61 bits per heavy atom. The molecule has 5 nitrogen and oxygen atoms in total. The molecule has 3 aromatic rings. The third kappa shape index (κ3) is 4.12. The van der Waals surface area contributed by atoms with Gasteiger partial charge in [-0.05, 0) is 37.6 Å². The minimum atomic E-state index is -0.493. The molecular weight excluding hydrogens is 372 g/mol. The third-order valence-electron chi connectivity index (χ3n) is 5.03. The van der Waals surface area contributed by atoms with Gasteiger partial charge < -0.3 is 14.4 Å². The maximum atomic E-state index is 12.7. The number of fused-ring (bicyclic) bond motifs is 1. The number of hydrogen-bond donors (Lipinski definition) is 0. The number of hydrogen-bond acceptors (Lipinski definition) is 5. The van der Waals surface area contributed by atoms with E-state index in [4.69, 9.17) is 9.47 Å². The molecule has 1 unspecified atom stereocenters. The average Bonchev–Trinajstić information content (AvgIpc) is 3.13. The number of carbonyl (C=O) groups is 1. The Morgan fingerprint density at radius 2 is 1.89 bits per heavy atom. The van der Waals surface area contributed by atoms with E-state index in [1.807, 2.05) is 41.3 Å². The number of aromatic nitrogens is 1. The van der Waals surface area contributed by atoms with E-state index < -0.39 is 6.10 Å². The highest BCUT2D eigenvalue weighted by Crippen LogP contribution is 2.31. The van der Waals surface area contributed by atoms with E-state index in [1.54, 1.807) is 18.3 Å². The predicted molar refractivity (Wildman–Crippen MR) is 111 cm³/mol. The Balaban J connectivity index is 1.31. The van der Waals surface area contributed by atoms with E-state index >= 15 is 0 Å². The molecule has 1 fully saturated rings. The maximum Gasteiger partial charge on any atom is 0.274 e. The maximum absolute atomic E-state index is 12.7. The molecule has 1 amide bonds. The summed E-state index contributed by atoms with van der Waals surface area (Å²) in [5.74, 6) is 0.741. The van der Waals surface area contributed by atoms with Crippen LogP contribution in [0.15, 0.2) is 48.5 Å². The van der Waals surface area contributed by atoms with Gasteiger partial charge >= 0.3 is 0 Å². The van der Waals surface area contributed by atoms with Crippen LogP contribution in [-0.4, -0.2) is 41.1 Å². The number of piperidine rings is 1. The van der Waals surface area contributed by atoms with Crippen LogP contribution in [0, 0.1) is 6.92 Å². The van der Waals surface area contributed by atoms with Crippen LogP contribution in [0.2, 0.25) is 0 Å². The summed E-state index contributed by atoms with van der Waals surface area (Å²) in [4.78, 5) is 19.2. The van der Waals surface area contributed by atoms with Crippen LogP contribution in [0.1, 0.15) is 25.3 Å². The van der Waals surface area contributed by atoms with Gasteiger partial charge in [0.05, 0.1) is 10.2 Å². The number of benzene rings is 2. The molecule has 2 aromatic carbocycles. The minimum Gasteiger partial charge on any atom is -0.481 e. The molecule has 0 radical (unpaired) electrons. The van der Waals surface area contributed by atoms with Crippen molar-refractivity contribution < 1.29 is 14.3 Å². The summed E-state index contributed by atoms with van der Waals surface area (Å²) in [5.41, 5.74) is 2.18. The topological polar surface area (TPSA) is 51.7 Å². The smallest absolute Gasteiger partial charge is 0.274 e. The van der Waals surface area contributed by atoms with Crippen molar-refractivity contribution in [2.24, 2.45) is 0 Å².